The largest absolute Gasteiger partial charge is 0.497 e. The Morgan fingerprint density at radius 2 is 1.90 bits per heavy atom. The van der Waals surface area contributed by atoms with Gasteiger partial charge in [-0.25, -0.2) is 0 Å². The average Bonchev–Trinajstić information content (AvgIpc) is 2.49. The van der Waals surface area contributed by atoms with Crippen LogP contribution in [0.1, 0.15) is 24.2 Å². The van der Waals surface area contributed by atoms with Crippen LogP contribution >= 0.6 is 0 Å². The number of likely N-dealkylation sites (N-methyl/N-ethyl adjacent to an activating group) is 1. The molecule has 2 N–H and O–H groups in total. The first kappa shape index (κ1) is 15.5. The Kier molecular flexibility index (Phi) is 5.31. The molecule has 1 aromatic carbocycles. The van der Waals surface area contributed by atoms with Gasteiger partial charge in [-0.15, -0.1) is 0 Å². The van der Waals surface area contributed by atoms with Gasteiger partial charge in [0.2, 0.25) is 0 Å². The number of benzene rings is 1. The second-order valence-electron chi connectivity index (χ2n) is 5.32. The molecule has 2 rings (SSSR count). The predicted molar refractivity (Wildman–Crippen MR) is 85.1 cm³/mol. The third-order valence-electron chi connectivity index (χ3n) is 3.55. The van der Waals surface area contributed by atoms with Gasteiger partial charge in [0.25, 0.3) is 0 Å². The summed E-state index contributed by atoms with van der Waals surface area (Å²) in [4.78, 5) is 6.68. The minimum atomic E-state index is 0.00292. The summed E-state index contributed by atoms with van der Waals surface area (Å²) >= 11 is 0. The molecule has 1 heterocycles. The maximum absolute atomic E-state index is 6.17. The van der Waals surface area contributed by atoms with E-state index in [1.807, 2.05) is 43.5 Å². The van der Waals surface area contributed by atoms with E-state index in [2.05, 4.69) is 29.1 Å². The van der Waals surface area contributed by atoms with Crippen molar-refractivity contribution in [2.45, 2.75) is 25.6 Å². The molecule has 0 bridgehead atoms. The van der Waals surface area contributed by atoms with Crippen molar-refractivity contribution in [1.29, 1.82) is 0 Å². The fraction of sp³-hybridized carbons (Fsp3) is 0.353. The minimum Gasteiger partial charge on any atom is -0.497 e. The van der Waals surface area contributed by atoms with E-state index in [4.69, 9.17) is 10.5 Å². The molecule has 1 aromatic heterocycles. The molecule has 4 nitrogen and oxygen atoms in total. The van der Waals surface area contributed by atoms with Crippen molar-refractivity contribution in [2.24, 2.45) is 5.73 Å². The van der Waals surface area contributed by atoms with Gasteiger partial charge in [0.1, 0.15) is 5.75 Å². The first-order valence-corrected chi connectivity index (χ1v) is 7.11. The summed E-state index contributed by atoms with van der Waals surface area (Å²) in [5.41, 5.74) is 8.39. The van der Waals surface area contributed by atoms with E-state index in [-0.39, 0.29) is 12.1 Å². The van der Waals surface area contributed by atoms with Crippen LogP contribution in [0.3, 0.4) is 0 Å². The van der Waals surface area contributed by atoms with E-state index in [9.17, 15) is 0 Å². The number of hydrogen-bond donors (Lipinski definition) is 1. The Morgan fingerprint density at radius 1 is 1.19 bits per heavy atom. The Bertz CT molecular complexity index is 540. The van der Waals surface area contributed by atoms with Gasteiger partial charge in [0.05, 0.1) is 18.8 Å². The average molecular weight is 285 g/mol. The van der Waals surface area contributed by atoms with Crippen LogP contribution < -0.4 is 10.5 Å². The van der Waals surface area contributed by atoms with E-state index in [1.165, 1.54) is 5.56 Å². The van der Waals surface area contributed by atoms with Crippen LogP contribution in [0.5, 0.6) is 5.75 Å². The van der Waals surface area contributed by atoms with Gasteiger partial charge < -0.3 is 10.5 Å². The molecule has 0 saturated heterocycles. The van der Waals surface area contributed by atoms with Gasteiger partial charge in [0, 0.05) is 18.8 Å². The van der Waals surface area contributed by atoms with Crippen molar-refractivity contribution in [3.63, 3.8) is 0 Å². The number of rotatable bonds is 6. The Labute approximate surface area is 126 Å². The summed E-state index contributed by atoms with van der Waals surface area (Å²) < 4.78 is 5.19. The molecule has 4 heteroatoms. The van der Waals surface area contributed by atoms with Gasteiger partial charge in [-0.3, -0.25) is 9.88 Å². The molecule has 0 radical (unpaired) electrons. The van der Waals surface area contributed by atoms with Crippen LogP contribution in [0.25, 0.3) is 0 Å². The summed E-state index contributed by atoms with van der Waals surface area (Å²) in [5.74, 6) is 0.870. The Morgan fingerprint density at radius 3 is 2.43 bits per heavy atom. The molecule has 0 aliphatic heterocycles. The normalized spacial score (nSPS) is 14.0. The Balaban J connectivity index is 2.13. The van der Waals surface area contributed by atoms with Crippen LogP contribution in [0, 0.1) is 0 Å². The lowest BCUT2D eigenvalue weighted by Crippen LogP contribution is -2.37. The summed E-state index contributed by atoms with van der Waals surface area (Å²) in [7, 11) is 3.75. The SMILES string of the molecule is COc1ccc(CN(C)C(c2ccccn2)C(C)N)cc1. The van der Waals surface area contributed by atoms with Crippen LogP contribution in [-0.4, -0.2) is 30.1 Å². The van der Waals surface area contributed by atoms with Crippen molar-refractivity contribution < 1.29 is 4.74 Å². The quantitative estimate of drug-likeness (QED) is 0.886. The van der Waals surface area contributed by atoms with Crippen molar-refractivity contribution in [3.05, 3.63) is 59.9 Å². The number of nitrogens with zero attached hydrogens (tertiary/aromatic N) is 2. The molecular weight excluding hydrogens is 262 g/mol. The van der Waals surface area contributed by atoms with Crippen LogP contribution in [0.15, 0.2) is 48.7 Å². The van der Waals surface area contributed by atoms with Gasteiger partial charge in [-0.2, -0.15) is 0 Å². The van der Waals surface area contributed by atoms with E-state index in [1.54, 1.807) is 7.11 Å². The standard InChI is InChI=1S/C17H23N3O/c1-13(18)17(16-6-4-5-11-19-16)20(2)12-14-7-9-15(21-3)10-8-14/h4-11,13,17H,12,18H2,1-3H3. The zero-order chi connectivity index (χ0) is 15.2. The molecule has 2 unspecified atom stereocenters. The topological polar surface area (TPSA) is 51.4 Å². The predicted octanol–water partition coefficient (Wildman–Crippen LogP) is 2.61. The van der Waals surface area contributed by atoms with Crippen LogP contribution in [0.2, 0.25) is 0 Å². The Hall–Kier alpha value is -1.91. The zero-order valence-corrected chi connectivity index (χ0v) is 12.9. The number of hydrogen-bond acceptors (Lipinski definition) is 4. The summed E-state index contributed by atoms with van der Waals surface area (Å²) in [6.45, 7) is 2.83. The lowest BCUT2D eigenvalue weighted by atomic mass is 10.0. The molecule has 0 amide bonds. The number of aromatic nitrogens is 1. The van der Waals surface area contributed by atoms with E-state index < -0.39 is 0 Å². The van der Waals surface area contributed by atoms with Gasteiger partial charge in [-0.1, -0.05) is 18.2 Å². The zero-order valence-electron chi connectivity index (χ0n) is 12.9. The van der Waals surface area contributed by atoms with Crippen molar-refractivity contribution in [1.82, 2.24) is 9.88 Å². The summed E-state index contributed by atoms with van der Waals surface area (Å²) in [5, 5.41) is 0. The molecule has 0 spiro atoms. The number of ether oxygens (including phenoxy) is 1. The molecule has 0 fully saturated rings. The molecular formula is C17H23N3O. The summed E-state index contributed by atoms with van der Waals surface area (Å²) in [6, 6.07) is 14.1. The van der Waals surface area contributed by atoms with E-state index >= 15 is 0 Å². The monoisotopic (exact) mass is 285 g/mol. The third kappa shape index (κ3) is 4.03. The lowest BCUT2D eigenvalue weighted by molar-refractivity contribution is 0.206. The van der Waals surface area contributed by atoms with E-state index in [0.29, 0.717) is 0 Å². The number of nitrogens with two attached hydrogens (primary N) is 1. The molecule has 0 aliphatic carbocycles. The minimum absolute atomic E-state index is 0.00292. The molecule has 21 heavy (non-hydrogen) atoms. The highest BCUT2D eigenvalue weighted by Crippen LogP contribution is 2.22. The highest BCUT2D eigenvalue weighted by Gasteiger charge is 2.22. The van der Waals surface area contributed by atoms with Crippen molar-refractivity contribution >= 4 is 0 Å². The van der Waals surface area contributed by atoms with Gasteiger partial charge in [0.15, 0.2) is 0 Å². The van der Waals surface area contributed by atoms with E-state index in [0.717, 1.165) is 18.0 Å². The molecule has 112 valence electrons. The maximum Gasteiger partial charge on any atom is 0.118 e. The molecule has 2 aromatic rings. The highest BCUT2D eigenvalue weighted by atomic mass is 16.5. The first-order valence-electron chi connectivity index (χ1n) is 7.11. The maximum atomic E-state index is 6.17. The highest BCUT2D eigenvalue weighted by molar-refractivity contribution is 5.27. The summed E-state index contributed by atoms with van der Waals surface area (Å²) in [6.07, 6.45) is 1.81. The fourth-order valence-electron chi connectivity index (χ4n) is 2.56. The van der Waals surface area contributed by atoms with Gasteiger partial charge in [-0.05, 0) is 43.8 Å². The number of methoxy groups -OCH3 is 1. The molecule has 0 aliphatic rings. The van der Waals surface area contributed by atoms with Crippen LogP contribution in [0.4, 0.5) is 0 Å². The molecule has 2 atom stereocenters. The fourth-order valence-corrected chi connectivity index (χ4v) is 2.56. The van der Waals surface area contributed by atoms with Crippen molar-refractivity contribution in [3.8, 4) is 5.75 Å². The third-order valence-corrected chi connectivity index (χ3v) is 3.55. The second-order valence-corrected chi connectivity index (χ2v) is 5.32. The van der Waals surface area contributed by atoms with Crippen molar-refractivity contribution in [2.75, 3.05) is 14.2 Å². The second kappa shape index (κ2) is 7.20. The smallest absolute Gasteiger partial charge is 0.118 e. The first-order chi connectivity index (χ1) is 10.1. The van der Waals surface area contributed by atoms with Crippen LogP contribution in [-0.2, 0) is 6.54 Å². The van der Waals surface area contributed by atoms with Gasteiger partial charge >= 0.3 is 0 Å². The number of pyridine rings is 1. The lowest BCUT2D eigenvalue weighted by Gasteiger charge is -2.30. The molecule has 0 saturated carbocycles.